The predicted octanol–water partition coefficient (Wildman–Crippen LogP) is 5.28. The first-order valence-electron chi connectivity index (χ1n) is 6.90. The van der Waals surface area contributed by atoms with Crippen molar-refractivity contribution < 1.29 is 0 Å². The van der Waals surface area contributed by atoms with Crippen molar-refractivity contribution >= 4 is 11.4 Å². The van der Waals surface area contributed by atoms with Gasteiger partial charge in [-0.05, 0) is 30.5 Å². The molecule has 2 rings (SSSR count). The van der Waals surface area contributed by atoms with Crippen molar-refractivity contribution in [2.24, 2.45) is 4.99 Å². The van der Waals surface area contributed by atoms with Gasteiger partial charge in [-0.2, -0.15) is 0 Å². The van der Waals surface area contributed by atoms with Crippen molar-refractivity contribution in [2.75, 3.05) is 0 Å². The molecule has 0 bridgehead atoms. The van der Waals surface area contributed by atoms with Gasteiger partial charge in [0.15, 0.2) is 0 Å². The maximum atomic E-state index is 4.87. The molecule has 98 valence electrons. The van der Waals surface area contributed by atoms with Crippen LogP contribution < -0.4 is 0 Å². The molecule has 0 aliphatic heterocycles. The van der Waals surface area contributed by atoms with Crippen LogP contribution in [0.4, 0.5) is 5.69 Å². The van der Waals surface area contributed by atoms with Crippen molar-refractivity contribution in [1.82, 2.24) is 0 Å². The first-order valence-corrected chi connectivity index (χ1v) is 6.90. The molecule has 0 radical (unpaired) electrons. The van der Waals surface area contributed by atoms with E-state index >= 15 is 0 Å². The zero-order chi connectivity index (χ0) is 13.7. The molecular formula is C18H21N. The molecule has 0 fully saturated rings. The van der Waals surface area contributed by atoms with Crippen LogP contribution in [0, 0.1) is 6.92 Å². The largest absolute Gasteiger partial charge is 0.257 e. The summed E-state index contributed by atoms with van der Waals surface area (Å²) in [4.78, 5) is 4.87. The third-order valence-corrected chi connectivity index (χ3v) is 3.54. The minimum absolute atomic E-state index is 0.366. The fourth-order valence-corrected chi connectivity index (χ4v) is 2.26. The van der Waals surface area contributed by atoms with Gasteiger partial charge in [-0.3, -0.25) is 4.99 Å². The van der Waals surface area contributed by atoms with Crippen molar-refractivity contribution in [3.8, 4) is 0 Å². The zero-order valence-corrected chi connectivity index (χ0v) is 11.9. The molecule has 1 nitrogen and oxygen atoms in total. The first kappa shape index (κ1) is 13.5. The summed E-state index contributed by atoms with van der Waals surface area (Å²) < 4.78 is 0. The minimum atomic E-state index is 0.366. The average Bonchev–Trinajstić information content (AvgIpc) is 2.47. The summed E-state index contributed by atoms with van der Waals surface area (Å²) in [6.45, 7) is 6.52. The molecule has 0 N–H and O–H groups in total. The summed E-state index contributed by atoms with van der Waals surface area (Å²) in [7, 11) is 0. The Bertz CT molecular complexity index is 555. The van der Waals surface area contributed by atoms with Crippen molar-refractivity contribution in [3.05, 3.63) is 65.7 Å². The zero-order valence-electron chi connectivity index (χ0n) is 11.9. The number of hydrogen-bond acceptors (Lipinski definition) is 1. The molecule has 0 heterocycles. The van der Waals surface area contributed by atoms with Crippen LogP contribution in [0.5, 0.6) is 0 Å². The fourth-order valence-electron chi connectivity index (χ4n) is 2.26. The Hall–Kier alpha value is -1.89. The molecule has 1 heteroatoms. The Labute approximate surface area is 116 Å². The second-order valence-corrected chi connectivity index (χ2v) is 4.88. The van der Waals surface area contributed by atoms with Gasteiger partial charge in [-0.15, -0.1) is 0 Å². The second kappa shape index (κ2) is 6.33. The van der Waals surface area contributed by atoms with Crippen LogP contribution in [0.2, 0.25) is 0 Å². The molecular weight excluding hydrogens is 230 g/mol. The van der Waals surface area contributed by atoms with Gasteiger partial charge in [0, 0.05) is 11.6 Å². The van der Waals surface area contributed by atoms with Crippen molar-refractivity contribution in [2.45, 2.75) is 33.1 Å². The van der Waals surface area contributed by atoms with Crippen LogP contribution in [0.3, 0.4) is 0 Å². The highest BCUT2D eigenvalue weighted by Gasteiger charge is 2.11. The fraction of sp³-hybridized carbons (Fsp3) is 0.278. The summed E-state index contributed by atoms with van der Waals surface area (Å²) >= 11 is 0. The highest BCUT2D eigenvalue weighted by molar-refractivity contribution is 5.92. The molecule has 1 unspecified atom stereocenters. The maximum Gasteiger partial charge on any atom is 0.0658 e. The third kappa shape index (κ3) is 3.31. The Morgan fingerprint density at radius 3 is 2.26 bits per heavy atom. The monoisotopic (exact) mass is 251 g/mol. The standard InChI is InChI=1S/C18H21N/c1-4-17(15(3)16-11-6-5-7-12-16)19-18-13-9-8-10-14(18)2/h5-13,15H,4H2,1-3H3/b19-17-. The summed E-state index contributed by atoms with van der Waals surface area (Å²) in [6, 6.07) is 18.9. The lowest BCUT2D eigenvalue weighted by Crippen LogP contribution is -2.08. The SMILES string of the molecule is CC/C(=N/c1ccccc1C)C(C)c1ccccc1. The number of hydrogen-bond donors (Lipinski definition) is 0. The second-order valence-electron chi connectivity index (χ2n) is 4.88. The Morgan fingerprint density at radius 1 is 1.00 bits per heavy atom. The molecule has 1 atom stereocenters. The van der Waals surface area contributed by atoms with Crippen molar-refractivity contribution in [1.29, 1.82) is 0 Å². The van der Waals surface area contributed by atoms with E-state index in [1.807, 2.05) is 6.07 Å². The Kier molecular flexibility index (Phi) is 4.51. The van der Waals surface area contributed by atoms with E-state index in [0.29, 0.717) is 5.92 Å². The van der Waals surface area contributed by atoms with Gasteiger partial charge in [0.25, 0.3) is 0 Å². The van der Waals surface area contributed by atoms with Crippen LogP contribution in [-0.4, -0.2) is 5.71 Å². The van der Waals surface area contributed by atoms with Crippen LogP contribution in [-0.2, 0) is 0 Å². The number of benzene rings is 2. The van der Waals surface area contributed by atoms with E-state index < -0.39 is 0 Å². The maximum absolute atomic E-state index is 4.87. The Morgan fingerprint density at radius 2 is 1.63 bits per heavy atom. The quantitative estimate of drug-likeness (QED) is 0.655. The van der Waals surface area contributed by atoms with E-state index in [2.05, 4.69) is 69.3 Å². The topological polar surface area (TPSA) is 12.4 Å². The molecule has 0 amide bonds. The third-order valence-electron chi connectivity index (χ3n) is 3.54. The van der Waals surface area contributed by atoms with Gasteiger partial charge in [0.1, 0.15) is 0 Å². The minimum Gasteiger partial charge on any atom is -0.257 e. The van der Waals surface area contributed by atoms with Gasteiger partial charge in [0.2, 0.25) is 0 Å². The molecule has 0 aromatic heterocycles. The van der Waals surface area contributed by atoms with E-state index in [1.54, 1.807) is 0 Å². The normalized spacial score (nSPS) is 13.3. The molecule has 0 aliphatic rings. The highest BCUT2D eigenvalue weighted by Crippen LogP contribution is 2.24. The molecule has 0 saturated carbocycles. The lowest BCUT2D eigenvalue weighted by atomic mass is 9.94. The number of aryl methyl sites for hydroxylation is 1. The smallest absolute Gasteiger partial charge is 0.0658 e. The van der Waals surface area contributed by atoms with Gasteiger partial charge in [-0.1, -0.05) is 62.4 Å². The van der Waals surface area contributed by atoms with E-state index in [0.717, 1.165) is 12.1 Å². The van der Waals surface area contributed by atoms with Crippen LogP contribution >= 0.6 is 0 Å². The molecule has 0 spiro atoms. The molecule has 0 saturated heterocycles. The van der Waals surface area contributed by atoms with E-state index in [-0.39, 0.29) is 0 Å². The number of rotatable bonds is 4. The van der Waals surface area contributed by atoms with Crippen molar-refractivity contribution in [3.63, 3.8) is 0 Å². The average molecular weight is 251 g/mol. The van der Waals surface area contributed by atoms with Crippen LogP contribution in [0.25, 0.3) is 0 Å². The molecule has 19 heavy (non-hydrogen) atoms. The number of para-hydroxylation sites is 1. The van der Waals surface area contributed by atoms with Gasteiger partial charge in [-0.25, -0.2) is 0 Å². The van der Waals surface area contributed by atoms with Crippen LogP contribution in [0.15, 0.2) is 59.6 Å². The summed E-state index contributed by atoms with van der Waals surface area (Å²) in [5.74, 6) is 0.366. The highest BCUT2D eigenvalue weighted by atomic mass is 14.8. The van der Waals surface area contributed by atoms with E-state index in [4.69, 9.17) is 4.99 Å². The number of aliphatic imine (C=N–C) groups is 1. The van der Waals surface area contributed by atoms with Gasteiger partial charge >= 0.3 is 0 Å². The van der Waals surface area contributed by atoms with Gasteiger partial charge in [0.05, 0.1) is 5.69 Å². The van der Waals surface area contributed by atoms with Gasteiger partial charge < -0.3 is 0 Å². The van der Waals surface area contributed by atoms with E-state index in [9.17, 15) is 0 Å². The summed E-state index contributed by atoms with van der Waals surface area (Å²) in [6.07, 6.45) is 0.977. The Balaban J connectivity index is 2.33. The van der Waals surface area contributed by atoms with E-state index in [1.165, 1.54) is 16.8 Å². The first-order chi connectivity index (χ1) is 9.22. The molecule has 2 aromatic carbocycles. The number of nitrogens with zero attached hydrogens (tertiary/aromatic N) is 1. The van der Waals surface area contributed by atoms with Crippen LogP contribution in [0.1, 0.15) is 37.3 Å². The molecule has 2 aromatic rings. The summed E-state index contributed by atoms with van der Waals surface area (Å²) in [5, 5.41) is 0. The summed E-state index contributed by atoms with van der Waals surface area (Å²) in [5.41, 5.74) is 4.88. The predicted molar refractivity (Wildman–Crippen MR) is 83.4 cm³/mol. The lowest BCUT2D eigenvalue weighted by Gasteiger charge is -2.14. The molecule has 0 aliphatic carbocycles. The lowest BCUT2D eigenvalue weighted by molar-refractivity contribution is 0.976.